The Kier molecular flexibility index (Phi) is 4.78. The molecular weight excluding hydrogens is 392 g/mol. The third-order valence-electron chi connectivity index (χ3n) is 5.95. The second kappa shape index (κ2) is 7.63. The molecule has 4 heterocycles. The fourth-order valence-electron chi connectivity index (χ4n) is 4.06. The number of fused-ring (bicyclic) bond motifs is 1. The molecule has 1 fully saturated rings. The summed E-state index contributed by atoms with van der Waals surface area (Å²) in [6.07, 6.45) is 4.60. The second-order valence-corrected chi connectivity index (χ2v) is 7.98. The number of rotatable bonds is 4. The van der Waals surface area contributed by atoms with Crippen LogP contribution >= 0.6 is 0 Å². The van der Waals surface area contributed by atoms with E-state index in [9.17, 15) is 5.11 Å². The Morgan fingerprint density at radius 3 is 2.52 bits per heavy atom. The van der Waals surface area contributed by atoms with Crippen molar-refractivity contribution in [2.45, 2.75) is 25.4 Å². The number of aliphatic hydroxyl groups is 1. The van der Waals surface area contributed by atoms with E-state index in [1.54, 1.807) is 18.0 Å². The number of aryl methyl sites for hydroxylation is 1. The number of hydrogen-bond donors (Lipinski definition) is 1. The molecule has 0 bridgehead atoms. The van der Waals surface area contributed by atoms with Gasteiger partial charge in [0.05, 0.1) is 24.2 Å². The normalized spacial score (nSPS) is 15.9. The summed E-state index contributed by atoms with van der Waals surface area (Å²) in [6.45, 7) is 3.36. The van der Waals surface area contributed by atoms with Crippen molar-refractivity contribution in [2.24, 2.45) is 0 Å². The lowest BCUT2D eigenvalue weighted by molar-refractivity contribution is 0.00762. The van der Waals surface area contributed by atoms with Gasteiger partial charge in [-0.3, -0.25) is 4.98 Å². The summed E-state index contributed by atoms with van der Waals surface area (Å²) >= 11 is 0. The maximum atomic E-state index is 11.2. The van der Waals surface area contributed by atoms with Crippen molar-refractivity contribution in [3.8, 4) is 17.0 Å². The van der Waals surface area contributed by atoms with E-state index in [0.717, 1.165) is 34.0 Å². The van der Waals surface area contributed by atoms with Crippen molar-refractivity contribution < 1.29 is 9.84 Å². The Morgan fingerprint density at radius 1 is 1.06 bits per heavy atom. The monoisotopic (exact) mass is 416 g/mol. The summed E-state index contributed by atoms with van der Waals surface area (Å²) in [4.78, 5) is 6.70. The first-order valence-corrected chi connectivity index (χ1v) is 10.3. The third-order valence-corrected chi connectivity index (χ3v) is 5.95. The highest BCUT2D eigenvalue weighted by Crippen LogP contribution is 2.35. The molecule has 3 aromatic heterocycles. The molecular formula is C23H24N6O2. The molecule has 5 rings (SSSR count). The number of hydrogen-bond acceptors (Lipinski definition) is 7. The minimum atomic E-state index is -0.917. The van der Waals surface area contributed by atoms with Gasteiger partial charge in [0.15, 0.2) is 0 Å². The molecule has 0 amide bonds. The average molecular weight is 416 g/mol. The van der Waals surface area contributed by atoms with Gasteiger partial charge >= 0.3 is 0 Å². The lowest BCUT2D eigenvalue weighted by Gasteiger charge is -2.39. The Labute approximate surface area is 180 Å². The predicted molar refractivity (Wildman–Crippen MR) is 117 cm³/mol. The highest BCUT2D eigenvalue weighted by Gasteiger charge is 2.36. The van der Waals surface area contributed by atoms with Crippen LogP contribution in [0.15, 0.2) is 55.0 Å². The van der Waals surface area contributed by atoms with Crippen LogP contribution in [-0.4, -0.2) is 50.1 Å². The molecule has 0 atom stereocenters. The average Bonchev–Trinajstić information content (AvgIpc) is 3.28. The van der Waals surface area contributed by atoms with Gasteiger partial charge in [0, 0.05) is 24.8 Å². The summed E-state index contributed by atoms with van der Waals surface area (Å²) in [7, 11) is 1.65. The Morgan fingerprint density at radius 2 is 1.84 bits per heavy atom. The molecule has 4 aromatic rings. The second-order valence-electron chi connectivity index (χ2n) is 7.98. The van der Waals surface area contributed by atoms with E-state index in [4.69, 9.17) is 4.74 Å². The minimum Gasteiger partial charge on any atom is -0.497 e. The van der Waals surface area contributed by atoms with Gasteiger partial charge in [0.1, 0.15) is 17.7 Å². The molecule has 1 aliphatic heterocycles. The van der Waals surface area contributed by atoms with Gasteiger partial charge in [-0.25, -0.2) is 0 Å². The number of methoxy groups -OCH3 is 1. The topological polar surface area (TPSA) is 88.7 Å². The van der Waals surface area contributed by atoms with Crippen LogP contribution in [-0.2, 0) is 5.60 Å². The number of anilines is 1. The quantitative estimate of drug-likeness (QED) is 0.547. The lowest BCUT2D eigenvalue weighted by Crippen LogP contribution is -2.43. The number of pyridine rings is 1. The van der Waals surface area contributed by atoms with Gasteiger partial charge in [-0.15, -0.1) is 10.2 Å². The standard InChI is InChI=1S/C23H24N6O2/c1-16-3-8-21(24-14-16)23(30)9-11-28(12-10-23)20-13-19(27-29-15-25-26-22(20)29)17-4-6-18(31-2)7-5-17/h3-8,13-15,30H,9-12H2,1-2H3. The zero-order valence-corrected chi connectivity index (χ0v) is 17.6. The molecule has 0 spiro atoms. The smallest absolute Gasteiger partial charge is 0.200 e. The largest absolute Gasteiger partial charge is 0.497 e. The van der Waals surface area contributed by atoms with Gasteiger partial charge in [-0.05, 0) is 61.7 Å². The van der Waals surface area contributed by atoms with E-state index in [1.807, 2.05) is 55.6 Å². The summed E-state index contributed by atoms with van der Waals surface area (Å²) in [6, 6.07) is 13.8. The first-order valence-electron chi connectivity index (χ1n) is 10.3. The summed E-state index contributed by atoms with van der Waals surface area (Å²) in [5, 5.41) is 24.2. The van der Waals surface area contributed by atoms with Crippen LogP contribution in [0.5, 0.6) is 5.75 Å². The van der Waals surface area contributed by atoms with Crippen LogP contribution in [0, 0.1) is 6.92 Å². The first kappa shape index (κ1) is 19.4. The van der Waals surface area contributed by atoms with Crippen LogP contribution in [0.25, 0.3) is 16.9 Å². The Bertz CT molecular complexity index is 1200. The number of piperidine rings is 1. The van der Waals surface area contributed by atoms with E-state index < -0.39 is 5.60 Å². The highest BCUT2D eigenvalue weighted by molar-refractivity contribution is 5.74. The fraction of sp³-hybridized carbons (Fsp3) is 0.304. The molecule has 0 radical (unpaired) electrons. The van der Waals surface area contributed by atoms with E-state index in [-0.39, 0.29) is 0 Å². The maximum Gasteiger partial charge on any atom is 0.200 e. The van der Waals surface area contributed by atoms with Crippen LogP contribution in [0.4, 0.5) is 5.69 Å². The van der Waals surface area contributed by atoms with Gasteiger partial charge < -0.3 is 14.7 Å². The fourth-order valence-corrected chi connectivity index (χ4v) is 4.06. The molecule has 1 aromatic carbocycles. The summed E-state index contributed by atoms with van der Waals surface area (Å²) in [5.41, 5.74) is 4.37. The first-order chi connectivity index (χ1) is 15.1. The number of ether oxygens (including phenoxy) is 1. The van der Waals surface area contributed by atoms with Crippen molar-refractivity contribution in [1.29, 1.82) is 0 Å². The third kappa shape index (κ3) is 3.59. The molecule has 8 heteroatoms. The predicted octanol–water partition coefficient (Wildman–Crippen LogP) is 2.99. The van der Waals surface area contributed by atoms with Crippen molar-refractivity contribution in [3.05, 3.63) is 66.2 Å². The van der Waals surface area contributed by atoms with E-state index in [1.165, 1.54) is 0 Å². The zero-order valence-electron chi connectivity index (χ0n) is 17.6. The van der Waals surface area contributed by atoms with Gasteiger partial charge in [0.2, 0.25) is 5.65 Å². The minimum absolute atomic E-state index is 0.587. The molecule has 31 heavy (non-hydrogen) atoms. The van der Waals surface area contributed by atoms with Gasteiger partial charge in [-0.1, -0.05) is 6.07 Å². The molecule has 1 saturated heterocycles. The highest BCUT2D eigenvalue weighted by atomic mass is 16.5. The number of aromatic nitrogens is 5. The SMILES string of the molecule is COc1ccc(-c2cc(N3CCC(O)(c4ccc(C)cn4)CC3)c3nncn3n2)cc1. The summed E-state index contributed by atoms with van der Waals surface area (Å²) < 4.78 is 6.97. The van der Waals surface area contributed by atoms with E-state index in [0.29, 0.717) is 31.6 Å². The molecule has 1 aliphatic rings. The van der Waals surface area contributed by atoms with Crippen LogP contribution < -0.4 is 9.64 Å². The Balaban J connectivity index is 1.45. The van der Waals surface area contributed by atoms with E-state index in [2.05, 4.69) is 25.2 Å². The van der Waals surface area contributed by atoms with Crippen LogP contribution in [0.3, 0.4) is 0 Å². The Hall–Kier alpha value is -3.52. The molecule has 1 N–H and O–H groups in total. The molecule has 0 aliphatic carbocycles. The maximum absolute atomic E-state index is 11.2. The molecule has 158 valence electrons. The van der Waals surface area contributed by atoms with Crippen LogP contribution in [0.2, 0.25) is 0 Å². The van der Waals surface area contributed by atoms with Crippen molar-refractivity contribution >= 4 is 11.3 Å². The number of benzene rings is 1. The lowest BCUT2D eigenvalue weighted by atomic mass is 9.87. The number of nitrogens with zero attached hydrogens (tertiary/aromatic N) is 6. The van der Waals surface area contributed by atoms with E-state index >= 15 is 0 Å². The van der Waals surface area contributed by atoms with Gasteiger partial charge in [-0.2, -0.15) is 9.61 Å². The molecule has 0 unspecified atom stereocenters. The van der Waals surface area contributed by atoms with Crippen molar-refractivity contribution in [1.82, 2.24) is 24.8 Å². The molecule has 8 nitrogen and oxygen atoms in total. The van der Waals surface area contributed by atoms with Crippen molar-refractivity contribution in [3.63, 3.8) is 0 Å². The van der Waals surface area contributed by atoms with Crippen LogP contribution in [0.1, 0.15) is 24.1 Å². The molecule has 0 saturated carbocycles. The van der Waals surface area contributed by atoms with Crippen molar-refractivity contribution in [2.75, 3.05) is 25.1 Å². The van der Waals surface area contributed by atoms with Gasteiger partial charge in [0.25, 0.3) is 0 Å². The zero-order chi connectivity index (χ0) is 21.4. The summed E-state index contributed by atoms with van der Waals surface area (Å²) in [5.74, 6) is 0.800.